The second-order valence-corrected chi connectivity index (χ2v) is 7.98. The summed E-state index contributed by atoms with van der Waals surface area (Å²) >= 11 is 0. The largest absolute Gasteiger partial charge is 0.460 e. The Kier molecular flexibility index (Phi) is 18.9. The SMILES string of the molecule is CC(C)(C)OC(=O)CCOCCOCCOCCOCCOC(CN=[N+]=[N-])(CN=[N+]=[N-])CN=[N+]=[N-]. The minimum Gasteiger partial charge on any atom is -0.460 e. The zero-order valence-corrected chi connectivity index (χ0v) is 20.6. The fourth-order valence-electron chi connectivity index (χ4n) is 2.40. The van der Waals surface area contributed by atoms with Gasteiger partial charge in [0.1, 0.15) is 5.60 Å². The van der Waals surface area contributed by atoms with Crippen molar-refractivity contribution in [1.82, 2.24) is 0 Å². The molecule has 0 fully saturated rings. The van der Waals surface area contributed by atoms with Crippen molar-refractivity contribution in [3.8, 4) is 0 Å². The van der Waals surface area contributed by atoms with Gasteiger partial charge in [0.05, 0.1) is 91.1 Å². The average molecular weight is 502 g/mol. The lowest BCUT2D eigenvalue weighted by molar-refractivity contribution is -0.156. The van der Waals surface area contributed by atoms with E-state index in [0.717, 1.165) is 0 Å². The fourth-order valence-corrected chi connectivity index (χ4v) is 2.40. The van der Waals surface area contributed by atoms with Crippen LogP contribution < -0.4 is 0 Å². The molecule has 0 saturated carbocycles. The molecule has 0 atom stereocenters. The zero-order chi connectivity index (χ0) is 26.3. The molecule has 16 heteroatoms. The summed E-state index contributed by atoms with van der Waals surface area (Å²) < 4.78 is 32.3. The third-order valence-corrected chi connectivity index (χ3v) is 3.89. The summed E-state index contributed by atoms with van der Waals surface area (Å²) in [6.07, 6.45) is 0.196. The highest BCUT2D eigenvalue weighted by Gasteiger charge is 2.29. The molecule has 0 saturated heterocycles. The number of ether oxygens (including phenoxy) is 6. The van der Waals surface area contributed by atoms with Gasteiger partial charge in [-0.2, -0.15) is 0 Å². The van der Waals surface area contributed by atoms with Crippen LogP contribution in [-0.2, 0) is 33.2 Å². The maximum atomic E-state index is 11.5. The van der Waals surface area contributed by atoms with Crippen molar-refractivity contribution >= 4 is 5.97 Å². The first-order valence-corrected chi connectivity index (χ1v) is 11.0. The Balaban J connectivity index is 3.79. The van der Waals surface area contributed by atoms with Crippen LogP contribution in [0.4, 0.5) is 0 Å². The number of rotatable bonds is 22. The van der Waals surface area contributed by atoms with Gasteiger partial charge in [0, 0.05) is 14.7 Å². The normalized spacial score (nSPS) is 12.5. The van der Waals surface area contributed by atoms with E-state index in [1.54, 1.807) is 0 Å². The van der Waals surface area contributed by atoms with E-state index in [1.807, 2.05) is 20.8 Å². The van der Waals surface area contributed by atoms with Crippen LogP contribution in [0, 0.1) is 0 Å². The molecule has 0 aliphatic heterocycles. The van der Waals surface area contributed by atoms with Crippen LogP contribution in [0.25, 0.3) is 31.3 Å². The van der Waals surface area contributed by atoms with E-state index in [1.165, 1.54) is 0 Å². The monoisotopic (exact) mass is 501 g/mol. The van der Waals surface area contributed by atoms with Crippen LogP contribution in [0.2, 0.25) is 0 Å². The van der Waals surface area contributed by atoms with Gasteiger partial charge in [-0.15, -0.1) is 0 Å². The highest BCUT2D eigenvalue weighted by molar-refractivity contribution is 5.69. The average Bonchev–Trinajstić information content (AvgIpc) is 2.81. The van der Waals surface area contributed by atoms with Gasteiger partial charge in [-0.1, -0.05) is 15.3 Å². The Morgan fingerprint density at radius 2 is 1.03 bits per heavy atom. The van der Waals surface area contributed by atoms with Crippen LogP contribution >= 0.6 is 0 Å². The lowest BCUT2D eigenvalue weighted by atomic mass is 10.1. The summed E-state index contributed by atoms with van der Waals surface area (Å²) in [7, 11) is 0. The molecule has 0 aliphatic carbocycles. The number of azide groups is 3. The molecule has 0 aliphatic rings. The minimum absolute atomic E-state index is 0.0971. The van der Waals surface area contributed by atoms with Crippen molar-refractivity contribution < 1.29 is 33.2 Å². The molecule has 0 radical (unpaired) electrons. The number of carbonyl (C=O) groups excluding carboxylic acids is 1. The maximum Gasteiger partial charge on any atom is 0.308 e. The molecule has 0 rings (SSSR count). The molecule has 16 nitrogen and oxygen atoms in total. The van der Waals surface area contributed by atoms with Gasteiger partial charge in [0.15, 0.2) is 0 Å². The van der Waals surface area contributed by atoms with E-state index < -0.39 is 11.2 Å². The van der Waals surface area contributed by atoms with Crippen LogP contribution in [0.15, 0.2) is 15.3 Å². The summed E-state index contributed by atoms with van der Waals surface area (Å²) in [4.78, 5) is 19.5. The summed E-state index contributed by atoms with van der Waals surface area (Å²) in [5.74, 6) is -0.297. The summed E-state index contributed by atoms with van der Waals surface area (Å²) in [5.41, 5.74) is 23.9. The van der Waals surface area contributed by atoms with Crippen LogP contribution in [0.1, 0.15) is 27.2 Å². The van der Waals surface area contributed by atoms with E-state index in [-0.39, 0.29) is 51.8 Å². The van der Waals surface area contributed by atoms with Crippen molar-refractivity contribution in [2.45, 2.75) is 38.4 Å². The van der Waals surface area contributed by atoms with Crippen molar-refractivity contribution in [1.29, 1.82) is 0 Å². The topological polar surface area (TPSA) is 219 Å². The number of carbonyl (C=O) groups is 1. The molecular formula is C19H35N9O7. The van der Waals surface area contributed by atoms with Crippen molar-refractivity contribution in [3.63, 3.8) is 0 Å². The van der Waals surface area contributed by atoms with Crippen LogP contribution in [-0.4, -0.2) is 96.3 Å². The highest BCUT2D eigenvalue weighted by atomic mass is 16.6. The van der Waals surface area contributed by atoms with Crippen LogP contribution in [0.3, 0.4) is 0 Å². The van der Waals surface area contributed by atoms with Gasteiger partial charge < -0.3 is 28.4 Å². The molecule has 35 heavy (non-hydrogen) atoms. The first-order chi connectivity index (χ1) is 16.8. The Bertz CT molecular complexity index is 678. The third kappa shape index (κ3) is 20.3. The Morgan fingerprint density at radius 3 is 1.40 bits per heavy atom. The standard InChI is InChI=1S/C19H35N9O7/c1-18(2,3)35-17(29)4-5-30-6-7-31-8-9-32-10-11-33-12-13-34-19(14-23-26-20,15-24-27-21)16-25-28-22/h4-16H2,1-3H3. The molecule has 0 aromatic rings. The van der Waals surface area contributed by atoms with Gasteiger partial charge in [0.2, 0.25) is 0 Å². The Hall–Kier alpha value is -2.80. The lowest BCUT2D eigenvalue weighted by Crippen LogP contribution is -2.43. The van der Waals surface area contributed by atoms with Crippen molar-refractivity contribution in [3.05, 3.63) is 31.3 Å². The van der Waals surface area contributed by atoms with Gasteiger partial charge in [-0.05, 0) is 37.4 Å². The summed E-state index contributed by atoms with van der Waals surface area (Å²) in [6.45, 7) is 7.69. The molecular weight excluding hydrogens is 466 g/mol. The Labute approximate surface area is 204 Å². The lowest BCUT2D eigenvalue weighted by Gasteiger charge is -2.29. The van der Waals surface area contributed by atoms with E-state index in [2.05, 4.69) is 30.1 Å². The van der Waals surface area contributed by atoms with Gasteiger partial charge in [-0.25, -0.2) is 0 Å². The molecule has 0 aromatic heterocycles. The first-order valence-electron chi connectivity index (χ1n) is 11.0. The number of nitrogens with zero attached hydrogens (tertiary/aromatic N) is 9. The second kappa shape index (κ2) is 20.6. The van der Waals surface area contributed by atoms with Gasteiger partial charge in [0.25, 0.3) is 0 Å². The van der Waals surface area contributed by atoms with E-state index in [4.69, 9.17) is 45.0 Å². The smallest absolute Gasteiger partial charge is 0.308 e. The quantitative estimate of drug-likeness (QED) is 0.0705. The van der Waals surface area contributed by atoms with E-state index in [9.17, 15) is 4.79 Å². The molecule has 0 bridgehead atoms. The fraction of sp³-hybridized carbons (Fsp3) is 0.947. The minimum atomic E-state index is -1.23. The zero-order valence-electron chi connectivity index (χ0n) is 20.6. The maximum absolute atomic E-state index is 11.5. The third-order valence-electron chi connectivity index (χ3n) is 3.89. The predicted molar refractivity (Wildman–Crippen MR) is 124 cm³/mol. The first kappa shape index (κ1) is 32.2. The molecule has 0 spiro atoms. The molecule has 0 N–H and O–H groups in total. The summed E-state index contributed by atoms with van der Waals surface area (Å²) in [5, 5.41) is 10.3. The molecule has 0 aromatic carbocycles. The van der Waals surface area contributed by atoms with Gasteiger partial charge in [-0.3, -0.25) is 4.79 Å². The molecule has 0 heterocycles. The van der Waals surface area contributed by atoms with E-state index >= 15 is 0 Å². The number of hydrogen-bond donors (Lipinski definition) is 0. The number of esters is 1. The molecule has 0 amide bonds. The molecule has 0 unspecified atom stereocenters. The Morgan fingerprint density at radius 1 is 0.657 bits per heavy atom. The van der Waals surface area contributed by atoms with Crippen molar-refractivity contribution in [2.75, 3.05) is 79.1 Å². The number of hydrogen-bond acceptors (Lipinski definition) is 10. The summed E-state index contributed by atoms with van der Waals surface area (Å²) in [6, 6.07) is 0. The van der Waals surface area contributed by atoms with Gasteiger partial charge >= 0.3 is 5.97 Å². The highest BCUT2D eigenvalue weighted by Crippen LogP contribution is 2.15. The van der Waals surface area contributed by atoms with Crippen LogP contribution in [0.5, 0.6) is 0 Å². The predicted octanol–water partition coefficient (Wildman–Crippen LogP) is 3.47. The van der Waals surface area contributed by atoms with Crippen molar-refractivity contribution in [2.24, 2.45) is 15.3 Å². The second-order valence-electron chi connectivity index (χ2n) is 7.98. The molecule has 198 valence electrons. The van der Waals surface area contributed by atoms with E-state index in [0.29, 0.717) is 39.6 Å².